The van der Waals surface area contributed by atoms with Gasteiger partial charge < -0.3 is 15.0 Å². The second-order valence-corrected chi connectivity index (χ2v) is 8.86. The Hall–Kier alpha value is -3.25. The molecule has 2 amide bonds. The van der Waals surface area contributed by atoms with Crippen molar-refractivity contribution < 1.29 is 14.3 Å². The molecule has 1 saturated heterocycles. The number of benzene rings is 2. The second-order valence-electron chi connectivity index (χ2n) is 8.86. The average Bonchev–Trinajstić information content (AvgIpc) is 3.04. The zero-order valence-corrected chi connectivity index (χ0v) is 18.6. The number of nitrogens with one attached hydrogen (secondary N) is 1. The molecule has 0 bridgehead atoms. The summed E-state index contributed by atoms with van der Waals surface area (Å²) in [4.78, 5) is 32.2. The number of amides is 2. The number of carbonyl (C=O) groups excluding carboxylic acids is 2. The smallest absolute Gasteiger partial charge is 0.252 e. The summed E-state index contributed by atoms with van der Waals surface area (Å²) in [6.07, 6.45) is 4.55. The minimum atomic E-state index is -1.02. The van der Waals surface area contributed by atoms with Crippen molar-refractivity contribution >= 4 is 22.6 Å². The molecule has 0 spiro atoms. The van der Waals surface area contributed by atoms with Gasteiger partial charge in [-0.2, -0.15) is 0 Å². The summed E-state index contributed by atoms with van der Waals surface area (Å²) in [5.74, 6) is -0.212. The van der Waals surface area contributed by atoms with Gasteiger partial charge in [0.25, 0.3) is 5.91 Å². The molecule has 4 rings (SSSR count). The highest BCUT2D eigenvalue weighted by Gasteiger charge is 2.35. The highest BCUT2D eigenvalue weighted by atomic mass is 16.5. The van der Waals surface area contributed by atoms with E-state index in [0.29, 0.717) is 31.9 Å². The first-order chi connectivity index (χ1) is 15.4. The summed E-state index contributed by atoms with van der Waals surface area (Å²) in [7, 11) is 0. The van der Waals surface area contributed by atoms with Gasteiger partial charge in [0.2, 0.25) is 5.91 Å². The fourth-order valence-electron chi connectivity index (χ4n) is 4.24. The minimum absolute atomic E-state index is 0.103. The summed E-state index contributed by atoms with van der Waals surface area (Å²) in [6, 6.07) is 17.2. The topological polar surface area (TPSA) is 71.5 Å². The van der Waals surface area contributed by atoms with Gasteiger partial charge in [0, 0.05) is 42.4 Å². The molecule has 1 aliphatic rings. The summed E-state index contributed by atoms with van der Waals surface area (Å²) in [6.45, 7) is 5.67. The first kappa shape index (κ1) is 22.0. The van der Waals surface area contributed by atoms with Crippen LogP contribution in [-0.2, 0) is 16.0 Å². The first-order valence-corrected chi connectivity index (χ1v) is 11.0. The van der Waals surface area contributed by atoms with Gasteiger partial charge in [0.1, 0.15) is 5.54 Å². The number of ether oxygens (including phenoxy) is 1. The zero-order valence-electron chi connectivity index (χ0n) is 18.6. The maximum Gasteiger partial charge on any atom is 0.252 e. The number of fused-ring (bicyclic) bond motifs is 1. The Kier molecular flexibility index (Phi) is 6.51. The van der Waals surface area contributed by atoms with Crippen LogP contribution in [0.1, 0.15) is 29.8 Å². The Bertz CT molecular complexity index is 1090. The van der Waals surface area contributed by atoms with Crippen LogP contribution in [0.15, 0.2) is 67.0 Å². The van der Waals surface area contributed by atoms with Crippen molar-refractivity contribution in [3.05, 3.63) is 78.1 Å². The number of hydrogen-bond donors (Lipinski definition) is 1. The lowest BCUT2D eigenvalue weighted by Gasteiger charge is -2.33. The number of aromatic nitrogens is 1. The van der Waals surface area contributed by atoms with Crippen molar-refractivity contribution in [1.29, 1.82) is 0 Å². The van der Waals surface area contributed by atoms with E-state index in [0.717, 1.165) is 17.4 Å². The van der Waals surface area contributed by atoms with E-state index >= 15 is 0 Å². The molecule has 0 radical (unpaired) electrons. The molecule has 32 heavy (non-hydrogen) atoms. The molecule has 0 saturated carbocycles. The maximum absolute atomic E-state index is 13.4. The standard InChI is InChI=1S/C26H29N3O3/c1-26(2,28-24(30)20-8-4-3-5-9-20)25(31)29-12-13-32-18-19(17-29)14-22-16-27-15-21-10-6-7-11-23(21)22/h3-11,15-16,19H,12-14,17-18H2,1-2H3,(H,28,30). The summed E-state index contributed by atoms with van der Waals surface area (Å²) < 4.78 is 5.83. The first-order valence-electron chi connectivity index (χ1n) is 11.0. The van der Waals surface area contributed by atoms with E-state index in [1.807, 2.05) is 47.6 Å². The van der Waals surface area contributed by atoms with Crippen molar-refractivity contribution in [3.63, 3.8) is 0 Å². The average molecular weight is 432 g/mol. The number of carbonyl (C=O) groups is 2. The van der Waals surface area contributed by atoms with Crippen molar-refractivity contribution in [2.24, 2.45) is 5.92 Å². The molecule has 166 valence electrons. The molecule has 0 aliphatic carbocycles. The molecule has 6 nitrogen and oxygen atoms in total. The monoisotopic (exact) mass is 431 g/mol. The Balaban J connectivity index is 1.47. The van der Waals surface area contributed by atoms with Gasteiger partial charge in [-0.25, -0.2) is 0 Å². The van der Waals surface area contributed by atoms with E-state index in [1.54, 1.807) is 26.0 Å². The van der Waals surface area contributed by atoms with Crippen LogP contribution in [0.2, 0.25) is 0 Å². The van der Waals surface area contributed by atoms with Crippen molar-refractivity contribution in [2.45, 2.75) is 25.8 Å². The summed E-state index contributed by atoms with van der Waals surface area (Å²) in [5.41, 5.74) is 0.666. The van der Waals surface area contributed by atoms with Crippen molar-refractivity contribution in [3.8, 4) is 0 Å². The summed E-state index contributed by atoms with van der Waals surface area (Å²) >= 11 is 0. The lowest BCUT2D eigenvalue weighted by atomic mass is 9.95. The lowest BCUT2D eigenvalue weighted by molar-refractivity contribution is -0.137. The third kappa shape index (κ3) is 4.97. The predicted octanol–water partition coefficient (Wildman–Crippen LogP) is 3.46. The number of rotatable bonds is 5. The van der Waals surface area contributed by atoms with Gasteiger partial charge >= 0.3 is 0 Å². The van der Waals surface area contributed by atoms with Gasteiger partial charge in [-0.15, -0.1) is 0 Å². The van der Waals surface area contributed by atoms with Crippen LogP contribution in [0, 0.1) is 5.92 Å². The lowest BCUT2D eigenvalue weighted by Crippen LogP contribution is -2.56. The van der Waals surface area contributed by atoms with Crippen LogP contribution >= 0.6 is 0 Å². The van der Waals surface area contributed by atoms with Gasteiger partial charge in [-0.1, -0.05) is 42.5 Å². The van der Waals surface area contributed by atoms with E-state index in [4.69, 9.17) is 4.74 Å². The molecule has 1 fully saturated rings. The van der Waals surface area contributed by atoms with E-state index in [9.17, 15) is 9.59 Å². The molecule has 2 aromatic carbocycles. The normalized spacial score (nSPS) is 17.1. The van der Waals surface area contributed by atoms with Crippen molar-refractivity contribution in [2.75, 3.05) is 26.3 Å². The molecule has 6 heteroatoms. The number of nitrogens with zero attached hydrogens (tertiary/aromatic N) is 2. The molecule has 1 unspecified atom stereocenters. The summed E-state index contributed by atoms with van der Waals surface area (Å²) in [5, 5.41) is 5.19. The van der Waals surface area contributed by atoms with E-state index < -0.39 is 5.54 Å². The second kappa shape index (κ2) is 9.49. The Morgan fingerprint density at radius 1 is 1.09 bits per heavy atom. The van der Waals surface area contributed by atoms with Crippen LogP contribution < -0.4 is 5.32 Å². The molecule has 1 N–H and O–H groups in total. The van der Waals surface area contributed by atoms with Crippen LogP contribution in [0.25, 0.3) is 10.8 Å². The van der Waals surface area contributed by atoms with Crippen LogP contribution in [0.4, 0.5) is 0 Å². The van der Waals surface area contributed by atoms with Gasteiger partial charge in [0.15, 0.2) is 0 Å². The zero-order chi connectivity index (χ0) is 22.6. The highest BCUT2D eigenvalue weighted by molar-refractivity contribution is 5.98. The largest absolute Gasteiger partial charge is 0.379 e. The van der Waals surface area contributed by atoms with Gasteiger partial charge in [-0.3, -0.25) is 14.6 Å². The Morgan fingerprint density at radius 3 is 2.66 bits per heavy atom. The molecule has 1 aromatic heterocycles. The van der Waals surface area contributed by atoms with Gasteiger partial charge in [-0.05, 0) is 43.4 Å². The van der Waals surface area contributed by atoms with Crippen LogP contribution in [0.5, 0.6) is 0 Å². The van der Waals surface area contributed by atoms with Crippen molar-refractivity contribution in [1.82, 2.24) is 15.2 Å². The molecular formula is C26H29N3O3. The predicted molar refractivity (Wildman–Crippen MR) is 124 cm³/mol. The highest BCUT2D eigenvalue weighted by Crippen LogP contribution is 2.22. The van der Waals surface area contributed by atoms with E-state index in [1.165, 1.54) is 5.39 Å². The molecular weight excluding hydrogens is 402 g/mol. The van der Waals surface area contributed by atoms with E-state index in [-0.39, 0.29) is 17.7 Å². The van der Waals surface area contributed by atoms with E-state index in [2.05, 4.69) is 22.4 Å². The Labute approximate surface area is 188 Å². The molecule has 1 aliphatic heterocycles. The third-order valence-electron chi connectivity index (χ3n) is 5.88. The van der Waals surface area contributed by atoms with Crippen LogP contribution in [0.3, 0.4) is 0 Å². The molecule has 1 atom stereocenters. The maximum atomic E-state index is 13.4. The third-order valence-corrected chi connectivity index (χ3v) is 5.88. The minimum Gasteiger partial charge on any atom is -0.379 e. The fraction of sp³-hybridized carbons (Fsp3) is 0.346. The quantitative estimate of drug-likeness (QED) is 0.672. The molecule has 3 aromatic rings. The molecule has 2 heterocycles. The van der Waals surface area contributed by atoms with Crippen LogP contribution in [-0.4, -0.2) is 53.5 Å². The SMILES string of the molecule is CC(C)(NC(=O)c1ccccc1)C(=O)N1CCOCC(Cc2cncc3ccccc23)C1. The number of pyridine rings is 1. The number of hydrogen-bond acceptors (Lipinski definition) is 4. The Morgan fingerprint density at radius 2 is 1.84 bits per heavy atom. The van der Waals surface area contributed by atoms with Gasteiger partial charge in [0.05, 0.1) is 13.2 Å². The fourth-order valence-corrected chi connectivity index (χ4v) is 4.24.